The van der Waals surface area contributed by atoms with E-state index in [-0.39, 0.29) is 0 Å². The van der Waals surface area contributed by atoms with Crippen LogP contribution in [0.1, 0.15) is 43.2 Å². The number of benzene rings is 1. The van der Waals surface area contributed by atoms with Crippen molar-refractivity contribution in [1.82, 2.24) is 5.32 Å². The molecule has 3 aliphatic carbocycles. The van der Waals surface area contributed by atoms with E-state index in [9.17, 15) is 0 Å². The molecule has 4 rings (SSSR count). The summed E-state index contributed by atoms with van der Waals surface area (Å²) in [5, 5.41) is 4.03. The van der Waals surface area contributed by atoms with Crippen LogP contribution in [0.2, 0.25) is 0 Å². The lowest BCUT2D eigenvalue weighted by Gasteiger charge is -2.30. The second-order valence-electron chi connectivity index (χ2n) is 7.28. The Morgan fingerprint density at radius 3 is 2.24 bits per heavy atom. The van der Waals surface area contributed by atoms with Crippen LogP contribution in [-0.4, -0.2) is 25.3 Å². The van der Waals surface area contributed by atoms with Gasteiger partial charge in [0.1, 0.15) is 0 Å². The molecule has 1 aromatic rings. The van der Waals surface area contributed by atoms with Crippen molar-refractivity contribution in [3.8, 4) is 0 Å². The summed E-state index contributed by atoms with van der Waals surface area (Å²) in [6.07, 6.45) is 9.64. The zero-order chi connectivity index (χ0) is 14.2. The smallest absolute Gasteiger partial charge is 0.0724 e. The topological polar surface area (TPSA) is 21.3 Å². The number of rotatable bonds is 3. The third kappa shape index (κ3) is 2.53. The Kier molecular flexibility index (Phi) is 3.76. The average Bonchev–Trinajstić information content (AvgIpc) is 3.04. The highest BCUT2D eigenvalue weighted by Crippen LogP contribution is 2.41. The maximum atomic E-state index is 5.69. The van der Waals surface area contributed by atoms with Crippen LogP contribution in [0, 0.1) is 11.8 Å². The maximum Gasteiger partial charge on any atom is 0.0724 e. The van der Waals surface area contributed by atoms with E-state index in [0.717, 1.165) is 11.8 Å². The lowest BCUT2D eigenvalue weighted by atomic mass is 9.94. The average molecular weight is 285 g/mol. The van der Waals surface area contributed by atoms with Crippen LogP contribution in [0.25, 0.3) is 0 Å². The van der Waals surface area contributed by atoms with Crippen LogP contribution in [0.15, 0.2) is 24.3 Å². The van der Waals surface area contributed by atoms with Crippen molar-refractivity contribution in [3.05, 3.63) is 35.4 Å². The van der Waals surface area contributed by atoms with Crippen molar-refractivity contribution in [2.24, 2.45) is 11.8 Å². The predicted octanol–water partition coefficient (Wildman–Crippen LogP) is 3.34. The molecular formula is C19H27NO. The highest BCUT2D eigenvalue weighted by Gasteiger charge is 2.41. The van der Waals surface area contributed by atoms with E-state index in [0.29, 0.717) is 18.2 Å². The highest BCUT2D eigenvalue weighted by molar-refractivity contribution is 5.31. The normalized spacial score (nSPS) is 38.2. The summed E-state index contributed by atoms with van der Waals surface area (Å²) >= 11 is 0. The summed E-state index contributed by atoms with van der Waals surface area (Å²) in [5.41, 5.74) is 3.21. The molecule has 2 bridgehead atoms. The molecule has 0 aromatic heterocycles. The SMILES string of the molecule is COC1CCCC1NC1C2CCC1Cc1ccccc1C2. The van der Waals surface area contributed by atoms with Gasteiger partial charge in [-0.05, 0) is 67.9 Å². The van der Waals surface area contributed by atoms with Gasteiger partial charge in [0.25, 0.3) is 0 Å². The first-order valence-electron chi connectivity index (χ1n) is 8.71. The number of hydrogen-bond donors (Lipinski definition) is 1. The second kappa shape index (κ2) is 5.73. The molecule has 114 valence electrons. The standard InChI is InChI=1S/C19H27NO/c1-21-18-8-4-7-17(18)20-19-15-9-10-16(19)12-14-6-3-2-5-13(14)11-15/h2-3,5-6,15-20H,4,7-12H2,1H3. The van der Waals surface area contributed by atoms with Gasteiger partial charge >= 0.3 is 0 Å². The Morgan fingerprint density at radius 2 is 1.62 bits per heavy atom. The molecule has 2 heteroatoms. The minimum Gasteiger partial charge on any atom is -0.380 e. The zero-order valence-electron chi connectivity index (χ0n) is 13.1. The number of hydrogen-bond acceptors (Lipinski definition) is 2. The number of fused-ring (bicyclic) bond motifs is 3. The summed E-state index contributed by atoms with van der Waals surface area (Å²) < 4.78 is 5.69. The molecule has 1 N–H and O–H groups in total. The van der Waals surface area contributed by atoms with Crippen molar-refractivity contribution in [3.63, 3.8) is 0 Å². The second-order valence-corrected chi connectivity index (χ2v) is 7.28. The van der Waals surface area contributed by atoms with Gasteiger partial charge < -0.3 is 10.1 Å². The minimum atomic E-state index is 0.440. The van der Waals surface area contributed by atoms with Crippen LogP contribution in [0.4, 0.5) is 0 Å². The van der Waals surface area contributed by atoms with Gasteiger partial charge in [-0.15, -0.1) is 0 Å². The van der Waals surface area contributed by atoms with E-state index in [1.54, 1.807) is 11.1 Å². The largest absolute Gasteiger partial charge is 0.380 e. The molecule has 3 aliphatic rings. The van der Waals surface area contributed by atoms with Crippen LogP contribution in [0.5, 0.6) is 0 Å². The Morgan fingerprint density at radius 1 is 0.952 bits per heavy atom. The van der Waals surface area contributed by atoms with Gasteiger partial charge in [0.15, 0.2) is 0 Å². The summed E-state index contributed by atoms with van der Waals surface area (Å²) in [4.78, 5) is 0. The molecule has 4 atom stereocenters. The maximum absolute atomic E-state index is 5.69. The third-order valence-corrected chi connectivity index (χ3v) is 6.17. The number of nitrogens with one attached hydrogen (secondary N) is 1. The van der Waals surface area contributed by atoms with Crippen LogP contribution < -0.4 is 5.32 Å². The zero-order valence-corrected chi connectivity index (χ0v) is 13.1. The van der Waals surface area contributed by atoms with E-state index in [2.05, 4.69) is 29.6 Å². The van der Waals surface area contributed by atoms with Gasteiger partial charge in [-0.25, -0.2) is 0 Å². The van der Waals surface area contributed by atoms with Crippen LogP contribution in [0.3, 0.4) is 0 Å². The highest BCUT2D eigenvalue weighted by atomic mass is 16.5. The van der Waals surface area contributed by atoms with E-state index in [1.807, 2.05) is 7.11 Å². The van der Waals surface area contributed by atoms with Crippen molar-refractivity contribution < 1.29 is 4.74 Å². The molecule has 2 fully saturated rings. The lowest BCUT2D eigenvalue weighted by molar-refractivity contribution is 0.0766. The van der Waals surface area contributed by atoms with Gasteiger partial charge in [0.05, 0.1) is 6.10 Å². The predicted molar refractivity (Wildman–Crippen MR) is 85.4 cm³/mol. The van der Waals surface area contributed by atoms with Gasteiger partial charge in [-0.1, -0.05) is 24.3 Å². The van der Waals surface area contributed by atoms with Crippen molar-refractivity contribution in [2.45, 2.75) is 63.1 Å². The Balaban J connectivity index is 1.52. The fraction of sp³-hybridized carbons (Fsp3) is 0.684. The molecule has 4 unspecified atom stereocenters. The van der Waals surface area contributed by atoms with Gasteiger partial charge in [0.2, 0.25) is 0 Å². The molecule has 0 aliphatic heterocycles. The van der Waals surface area contributed by atoms with Gasteiger partial charge in [-0.2, -0.15) is 0 Å². The molecule has 2 saturated carbocycles. The fourth-order valence-electron chi connectivity index (χ4n) is 5.07. The third-order valence-electron chi connectivity index (χ3n) is 6.17. The van der Waals surface area contributed by atoms with E-state index < -0.39 is 0 Å². The fourth-order valence-corrected chi connectivity index (χ4v) is 5.07. The van der Waals surface area contributed by atoms with E-state index >= 15 is 0 Å². The molecule has 0 amide bonds. The monoisotopic (exact) mass is 285 g/mol. The minimum absolute atomic E-state index is 0.440. The van der Waals surface area contributed by atoms with Crippen molar-refractivity contribution in [1.29, 1.82) is 0 Å². The van der Waals surface area contributed by atoms with Crippen molar-refractivity contribution >= 4 is 0 Å². The number of ether oxygens (including phenoxy) is 1. The molecule has 21 heavy (non-hydrogen) atoms. The van der Waals surface area contributed by atoms with E-state index in [4.69, 9.17) is 4.74 Å². The molecule has 2 nitrogen and oxygen atoms in total. The molecule has 0 heterocycles. The van der Waals surface area contributed by atoms with Crippen LogP contribution in [-0.2, 0) is 17.6 Å². The first-order chi connectivity index (χ1) is 10.3. The summed E-state index contributed by atoms with van der Waals surface area (Å²) in [7, 11) is 1.88. The van der Waals surface area contributed by atoms with Crippen molar-refractivity contribution in [2.75, 3.05) is 7.11 Å². The van der Waals surface area contributed by atoms with E-state index in [1.165, 1.54) is 44.9 Å². The Labute approximate surface area is 128 Å². The van der Waals surface area contributed by atoms with Crippen LogP contribution >= 0.6 is 0 Å². The quantitative estimate of drug-likeness (QED) is 0.919. The molecule has 0 spiro atoms. The first kappa shape index (κ1) is 13.8. The molecule has 0 radical (unpaired) electrons. The Hall–Kier alpha value is -0.860. The molecule has 0 saturated heterocycles. The molecular weight excluding hydrogens is 258 g/mol. The van der Waals surface area contributed by atoms with Gasteiger partial charge in [0, 0.05) is 19.2 Å². The molecule has 1 aromatic carbocycles. The first-order valence-corrected chi connectivity index (χ1v) is 8.71. The Bertz CT molecular complexity index is 467. The summed E-state index contributed by atoms with van der Waals surface area (Å²) in [5.74, 6) is 1.66. The van der Waals surface area contributed by atoms with Gasteiger partial charge in [-0.3, -0.25) is 0 Å². The number of methoxy groups -OCH3 is 1. The lowest BCUT2D eigenvalue weighted by Crippen LogP contribution is -2.47. The summed E-state index contributed by atoms with van der Waals surface area (Å²) in [6, 6.07) is 10.4. The summed E-state index contributed by atoms with van der Waals surface area (Å²) in [6.45, 7) is 0.